The summed E-state index contributed by atoms with van der Waals surface area (Å²) in [6.07, 6.45) is 0. The highest BCUT2D eigenvalue weighted by atomic mass is 16.7. The summed E-state index contributed by atoms with van der Waals surface area (Å²) >= 11 is 0. The van der Waals surface area contributed by atoms with Crippen LogP contribution in [-0.2, 0) is 6.54 Å². The van der Waals surface area contributed by atoms with Crippen LogP contribution in [0, 0.1) is 0 Å². The Morgan fingerprint density at radius 3 is 2.41 bits per heavy atom. The topological polar surface area (TPSA) is 87.7 Å². The van der Waals surface area contributed by atoms with Crippen LogP contribution >= 0.6 is 0 Å². The van der Waals surface area contributed by atoms with Gasteiger partial charge in [0, 0.05) is 12.1 Å². The van der Waals surface area contributed by atoms with Crippen molar-refractivity contribution >= 4 is 11.9 Å². The van der Waals surface area contributed by atoms with Crippen molar-refractivity contribution in [1.29, 1.82) is 0 Å². The van der Waals surface area contributed by atoms with Crippen LogP contribution in [0.25, 0.3) is 0 Å². The Labute approximate surface area is 126 Å². The number of amides is 1. The summed E-state index contributed by atoms with van der Waals surface area (Å²) in [5, 5.41) is 13.4. The third-order valence-corrected chi connectivity index (χ3v) is 3.28. The van der Waals surface area contributed by atoms with Gasteiger partial charge < -0.3 is 24.7 Å². The zero-order valence-electron chi connectivity index (χ0n) is 11.5. The van der Waals surface area contributed by atoms with E-state index in [4.69, 9.17) is 9.47 Å². The molecule has 1 heterocycles. The normalized spacial score (nSPS) is 12.0. The van der Waals surface area contributed by atoms with Gasteiger partial charge in [0.1, 0.15) is 0 Å². The van der Waals surface area contributed by atoms with Crippen molar-refractivity contribution in [2.24, 2.45) is 0 Å². The number of hydrogen-bond donors (Lipinski definition) is 1. The van der Waals surface area contributed by atoms with Gasteiger partial charge in [-0.2, -0.15) is 0 Å². The van der Waals surface area contributed by atoms with Gasteiger partial charge in [-0.25, -0.2) is 0 Å². The number of carbonyl (C=O) groups is 2. The third kappa shape index (κ3) is 2.85. The highest BCUT2D eigenvalue weighted by Gasteiger charge is 2.15. The lowest BCUT2D eigenvalue weighted by molar-refractivity contribution is -0.255. The Morgan fingerprint density at radius 1 is 1.00 bits per heavy atom. The van der Waals surface area contributed by atoms with Crippen molar-refractivity contribution in [3.8, 4) is 11.5 Å². The molecular weight excluding hydrogens is 286 g/mol. The van der Waals surface area contributed by atoms with Gasteiger partial charge in [-0.15, -0.1) is 0 Å². The third-order valence-electron chi connectivity index (χ3n) is 3.28. The summed E-state index contributed by atoms with van der Waals surface area (Å²) in [6, 6.07) is 11.1. The maximum absolute atomic E-state index is 12.1. The molecule has 0 bridgehead atoms. The number of nitrogens with one attached hydrogen (secondary N) is 1. The molecule has 2 aromatic carbocycles. The second-order valence-corrected chi connectivity index (χ2v) is 4.74. The molecule has 3 rings (SSSR count). The first kappa shape index (κ1) is 13.9. The van der Waals surface area contributed by atoms with Crippen LogP contribution < -0.4 is 19.9 Å². The summed E-state index contributed by atoms with van der Waals surface area (Å²) in [5.74, 6) is -0.307. The van der Waals surface area contributed by atoms with E-state index in [2.05, 4.69) is 5.32 Å². The molecule has 0 saturated carbocycles. The molecule has 0 spiro atoms. The van der Waals surface area contributed by atoms with Crippen LogP contribution in [0.4, 0.5) is 0 Å². The Hall–Kier alpha value is -3.02. The van der Waals surface area contributed by atoms with Gasteiger partial charge in [0.15, 0.2) is 11.5 Å². The lowest BCUT2D eigenvalue weighted by Gasteiger charge is -2.07. The number of hydrogen-bond acceptors (Lipinski definition) is 5. The van der Waals surface area contributed by atoms with Crippen molar-refractivity contribution in [1.82, 2.24) is 5.32 Å². The zero-order chi connectivity index (χ0) is 15.5. The number of carboxylic acids is 1. The van der Waals surface area contributed by atoms with Gasteiger partial charge in [-0.05, 0) is 29.3 Å². The largest absolute Gasteiger partial charge is 0.545 e. The first-order valence-corrected chi connectivity index (χ1v) is 6.61. The minimum Gasteiger partial charge on any atom is -0.545 e. The van der Waals surface area contributed by atoms with E-state index in [-0.39, 0.29) is 18.3 Å². The highest BCUT2D eigenvalue weighted by molar-refractivity contribution is 5.94. The Bertz CT molecular complexity index is 724. The molecule has 6 heteroatoms. The van der Waals surface area contributed by atoms with Crippen molar-refractivity contribution in [2.75, 3.05) is 6.79 Å². The SMILES string of the molecule is O=C([O-])c1ccc(CNC(=O)c2ccc3c(c2)OCO3)cc1. The first-order chi connectivity index (χ1) is 10.6. The van der Waals surface area contributed by atoms with E-state index in [1.54, 1.807) is 30.3 Å². The average Bonchev–Trinajstić information content (AvgIpc) is 3.00. The van der Waals surface area contributed by atoms with Crippen LogP contribution in [0.1, 0.15) is 26.3 Å². The standard InChI is InChI=1S/C16H13NO5/c18-15(12-5-6-13-14(7-12)22-9-21-13)17-8-10-1-3-11(4-2-10)16(19)20/h1-7H,8-9H2,(H,17,18)(H,19,20)/p-1. The van der Waals surface area contributed by atoms with E-state index in [0.29, 0.717) is 23.6 Å². The zero-order valence-corrected chi connectivity index (χ0v) is 11.5. The molecule has 22 heavy (non-hydrogen) atoms. The molecule has 2 aromatic rings. The van der Waals surface area contributed by atoms with Crippen LogP contribution in [0.5, 0.6) is 11.5 Å². The van der Waals surface area contributed by atoms with Crippen molar-refractivity contribution in [3.05, 3.63) is 59.2 Å². The van der Waals surface area contributed by atoms with E-state index in [9.17, 15) is 14.7 Å². The summed E-state index contributed by atoms with van der Waals surface area (Å²) < 4.78 is 10.4. The summed E-state index contributed by atoms with van der Waals surface area (Å²) in [4.78, 5) is 22.7. The van der Waals surface area contributed by atoms with Gasteiger partial charge >= 0.3 is 0 Å². The Kier molecular flexibility index (Phi) is 3.65. The monoisotopic (exact) mass is 298 g/mol. The van der Waals surface area contributed by atoms with Crippen LogP contribution in [0.2, 0.25) is 0 Å². The number of fused-ring (bicyclic) bond motifs is 1. The number of ether oxygens (including phenoxy) is 2. The molecule has 1 amide bonds. The van der Waals surface area contributed by atoms with Crippen molar-refractivity contribution < 1.29 is 24.2 Å². The van der Waals surface area contributed by atoms with Crippen LogP contribution in [-0.4, -0.2) is 18.7 Å². The molecule has 1 aliphatic rings. The van der Waals surface area contributed by atoms with E-state index in [1.165, 1.54) is 12.1 Å². The smallest absolute Gasteiger partial charge is 0.251 e. The minimum atomic E-state index is -1.23. The average molecular weight is 298 g/mol. The van der Waals surface area contributed by atoms with Gasteiger partial charge in [-0.1, -0.05) is 24.3 Å². The number of carboxylic acid groups (broad SMARTS) is 1. The Morgan fingerprint density at radius 2 is 1.68 bits per heavy atom. The quantitative estimate of drug-likeness (QED) is 0.898. The van der Waals surface area contributed by atoms with Crippen molar-refractivity contribution in [2.45, 2.75) is 6.54 Å². The van der Waals surface area contributed by atoms with E-state index in [1.807, 2.05) is 0 Å². The summed E-state index contributed by atoms with van der Waals surface area (Å²) in [7, 11) is 0. The first-order valence-electron chi connectivity index (χ1n) is 6.61. The molecular formula is C16H12NO5-. The molecule has 1 N–H and O–H groups in total. The fourth-order valence-electron chi connectivity index (χ4n) is 2.08. The number of benzene rings is 2. The number of rotatable bonds is 4. The number of carbonyl (C=O) groups excluding carboxylic acids is 2. The summed E-state index contributed by atoms with van der Waals surface area (Å²) in [6.45, 7) is 0.450. The highest BCUT2D eigenvalue weighted by Crippen LogP contribution is 2.32. The molecule has 0 radical (unpaired) electrons. The van der Waals surface area contributed by atoms with Crippen molar-refractivity contribution in [3.63, 3.8) is 0 Å². The second-order valence-electron chi connectivity index (χ2n) is 4.74. The van der Waals surface area contributed by atoms with Gasteiger partial charge in [0.2, 0.25) is 6.79 Å². The molecule has 0 atom stereocenters. The van der Waals surface area contributed by atoms with Gasteiger partial charge in [0.25, 0.3) is 5.91 Å². The van der Waals surface area contributed by atoms with E-state index >= 15 is 0 Å². The molecule has 1 aliphatic heterocycles. The van der Waals surface area contributed by atoms with Gasteiger partial charge in [0.05, 0.1) is 5.97 Å². The lowest BCUT2D eigenvalue weighted by atomic mass is 10.1. The summed E-state index contributed by atoms with van der Waals surface area (Å²) in [5.41, 5.74) is 1.36. The fraction of sp³-hybridized carbons (Fsp3) is 0.125. The lowest BCUT2D eigenvalue weighted by Crippen LogP contribution is -2.23. The van der Waals surface area contributed by atoms with E-state index < -0.39 is 5.97 Å². The minimum absolute atomic E-state index is 0.103. The molecule has 0 unspecified atom stereocenters. The van der Waals surface area contributed by atoms with E-state index in [0.717, 1.165) is 5.56 Å². The van der Waals surface area contributed by atoms with Crippen LogP contribution in [0.3, 0.4) is 0 Å². The Balaban J connectivity index is 1.63. The molecule has 112 valence electrons. The fourth-order valence-corrected chi connectivity index (χ4v) is 2.08. The number of aromatic carboxylic acids is 1. The molecule has 6 nitrogen and oxygen atoms in total. The predicted octanol–water partition coefficient (Wildman–Crippen LogP) is 0.709. The molecule has 0 aromatic heterocycles. The predicted molar refractivity (Wildman–Crippen MR) is 74.5 cm³/mol. The molecule has 0 fully saturated rings. The maximum atomic E-state index is 12.1. The second kappa shape index (κ2) is 5.77. The van der Waals surface area contributed by atoms with Crippen LogP contribution in [0.15, 0.2) is 42.5 Å². The molecule has 0 aliphatic carbocycles. The van der Waals surface area contributed by atoms with Gasteiger partial charge in [-0.3, -0.25) is 4.79 Å². The maximum Gasteiger partial charge on any atom is 0.251 e. The molecule has 0 saturated heterocycles.